The first kappa shape index (κ1) is 18.1. The Hall–Kier alpha value is -1.68. The van der Waals surface area contributed by atoms with E-state index in [1.165, 1.54) is 29.0 Å². The summed E-state index contributed by atoms with van der Waals surface area (Å²) < 4.78 is 2.27. The predicted molar refractivity (Wildman–Crippen MR) is 104 cm³/mol. The minimum absolute atomic E-state index is 0.0661. The molecule has 0 aliphatic heterocycles. The second kappa shape index (κ2) is 6.56. The number of rotatable bonds is 3. The molecule has 1 aliphatic rings. The molecule has 1 amide bonds. The van der Waals surface area contributed by atoms with Crippen molar-refractivity contribution >= 4 is 17.2 Å². The van der Waals surface area contributed by atoms with Crippen molar-refractivity contribution in [1.82, 2.24) is 4.57 Å². The second-order valence-corrected chi connectivity index (χ2v) is 9.32. The fourth-order valence-corrected chi connectivity index (χ4v) is 4.44. The zero-order valence-corrected chi connectivity index (χ0v) is 17.0. The first-order valence-electron chi connectivity index (χ1n) is 9.04. The smallest absolute Gasteiger partial charge is 0.279 e. The van der Waals surface area contributed by atoms with Gasteiger partial charge in [-0.2, -0.15) is 4.99 Å². The van der Waals surface area contributed by atoms with Crippen LogP contribution < -0.4 is 4.80 Å². The van der Waals surface area contributed by atoms with Gasteiger partial charge in [-0.15, -0.1) is 11.3 Å². The molecule has 1 fully saturated rings. The van der Waals surface area contributed by atoms with Crippen molar-refractivity contribution in [2.45, 2.75) is 66.3 Å². The van der Waals surface area contributed by atoms with E-state index < -0.39 is 0 Å². The lowest BCUT2D eigenvalue weighted by atomic mass is 9.93. The van der Waals surface area contributed by atoms with Gasteiger partial charge in [0.1, 0.15) is 0 Å². The Morgan fingerprint density at radius 3 is 2.48 bits per heavy atom. The van der Waals surface area contributed by atoms with Crippen molar-refractivity contribution in [2.24, 2.45) is 10.9 Å². The number of hydrogen-bond donors (Lipinski definition) is 0. The summed E-state index contributed by atoms with van der Waals surface area (Å²) in [6, 6.07) is 5.92. The van der Waals surface area contributed by atoms with Gasteiger partial charge in [0.2, 0.25) is 0 Å². The molecule has 0 spiro atoms. The van der Waals surface area contributed by atoms with Crippen molar-refractivity contribution in [3.63, 3.8) is 0 Å². The first-order valence-corrected chi connectivity index (χ1v) is 9.85. The summed E-state index contributed by atoms with van der Waals surface area (Å²) in [5.41, 5.74) is 4.19. The summed E-state index contributed by atoms with van der Waals surface area (Å²) in [6.45, 7) is 13.8. The number of benzene rings is 1. The molecule has 134 valence electrons. The second-order valence-electron chi connectivity index (χ2n) is 8.34. The van der Waals surface area contributed by atoms with Crippen LogP contribution in [0.4, 0.5) is 0 Å². The van der Waals surface area contributed by atoms with Gasteiger partial charge < -0.3 is 4.57 Å². The molecule has 2 aromatic rings. The van der Waals surface area contributed by atoms with E-state index in [4.69, 9.17) is 0 Å². The van der Waals surface area contributed by atoms with Crippen molar-refractivity contribution in [2.75, 3.05) is 0 Å². The molecule has 0 N–H and O–H groups in total. The highest BCUT2D eigenvalue weighted by Crippen LogP contribution is 2.33. The van der Waals surface area contributed by atoms with Crippen LogP contribution in [0.1, 0.15) is 65.7 Å². The van der Waals surface area contributed by atoms with Gasteiger partial charge in [-0.25, -0.2) is 0 Å². The minimum Gasteiger partial charge on any atom is -0.320 e. The van der Waals surface area contributed by atoms with Crippen LogP contribution in [-0.2, 0) is 12.0 Å². The Balaban J connectivity index is 2.07. The van der Waals surface area contributed by atoms with Crippen LogP contribution in [0.15, 0.2) is 23.2 Å². The number of thiazole rings is 1. The maximum absolute atomic E-state index is 12.8. The van der Waals surface area contributed by atoms with Gasteiger partial charge in [0.15, 0.2) is 4.80 Å². The molecule has 1 aromatic heterocycles. The number of amides is 1. The normalized spacial score (nSPS) is 15.7. The molecule has 1 saturated carbocycles. The van der Waals surface area contributed by atoms with E-state index in [2.05, 4.69) is 37.3 Å². The molecule has 1 heterocycles. The van der Waals surface area contributed by atoms with E-state index in [1.54, 1.807) is 11.3 Å². The van der Waals surface area contributed by atoms with Crippen LogP contribution in [0, 0.1) is 26.7 Å². The van der Waals surface area contributed by atoms with Crippen LogP contribution >= 0.6 is 11.3 Å². The maximum atomic E-state index is 12.8. The van der Waals surface area contributed by atoms with Gasteiger partial charge in [0.05, 0.1) is 0 Å². The molecule has 0 unspecified atom stereocenters. The van der Waals surface area contributed by atoms with Gasteiger partial charge in [0.25, 0.3) is 5.91 Å². The highest BCUT2D eigenvalue weighted by Gasteiger charge is 2.27. The Kier molecular flexibility index (Phi) is 4.76. The maximum Gasteiger partial charge on any atom is 0.279 e. The van der Waals surface area contributed by atoms with Crippen LogP contribution in [-0.4, -0.2) is 10.5 Å². The van der Waals surface area contributed by atoms with E-state index in [0.717, 1.165) is 22.8 Å². The van der Waals surface area contributed by atoms with E-state index >= 15 is 0 Å². The molecular weight excluding hydrogens is 328 g/mol. The molecule has 1 aromatic carbocycles. The average Bonchev–Trinajstić information content (AvgIpc) is 3.25. The Labute approximate surface area is 154 Å². The van der Waals surface area contributed by atoms with Gasteiger partial charge in [-0.3, -0.25) is 4.79 Å². The molecule has 4 heteroatoms. The highest BCUT2D eigenvalue weighted by atomic mass is 32.1. The summed E-state index contributed by atoms with van der Waals surface area (Å²) in [7, 11) is 0. The van der Waals surface area contributed by atoms with E-state index in [0.29, 0.717) is 5.56 Å². The lowest BCUT2D eigenvalue weighted by Crippen LogP contribution is -2.20. The highest BCUT2D eigenvalue weighted by molar-refractivity contribution is 7.09. The Morgan fingerprint density at radius 2 is 1.92 bits per heavy atom. The number of hydrogen-bond acceptors (Lipinski definition) is 2. The van der Waals surface area contributed by atoms with Crippen LogP contribution in [0.25, 0.3) is 0 Å². The summed E-state index contributed by atoms with van der Waals surface area (Å²) in [5, 5.41) is 0. The number of carbonyl (C=O) groups is 1. The van der Waals surface area contributed by atoms with Crippen molar-refractivity contribution in [3.8, 4) is 0 Å². The van der Waals surface area contributed by atoms with Crippen molar-refractivity contribution in [3.05, 3.63) is 50.3 Å². The molecule has 0 atom stereocenters. The topological polar surface area (TPSA) is 34.4 Å². The quantitative estimate of drug-likeness (QED) is 0.768. The van der Waals surface area contributed by atoms with E-state index in [-0.39, 0.29) is 11.3 Å². The lowest BCUT2D eigenvalue weighted by Gasteiger charge is -2.17. The largest absolute Gasteiger partial charge is 0.320 e. The molecule has 0 saturated heterocycles. The molecule has 0 radical (unpaired) electrons. The summed E-state index contributed by atoms with van der Waals surface area (Å²) in [5.74, 6) is 0.611. The van der Waals surface area contributed by atoms with E-state index in [1.807, 2.05) is 32.0 Å². The zero-order valence-electron chi connectivity index (χ0n) is 16.1. The monoisotopic (exact) mass is 356 g/mol. The van der Waals surface area contributed by atoms with Crippen molar-refractivity contribution in [1.29, 1.82) is 0 Å². The fourth-order valence-electron chi connectivity index (χ4n) is 3.24. The zero-order chi connectivity index (χ0) is 18.4. The van der Waals surface area contributed by atoms with Crippen LogP contribution in [0.3, 0.4) is 0 Å². The summed E-state index contributed by atoms with van der Waals surface area (Å²) >= 11 is 1.67. The standard InChI is InChI=1S/C21H28N2OS/c1-13-7-10-17(14(2)11-13)19(24)22-20-23(12-16-8-9-16)15(3)18(25-20)21(4,5)6/h7,10-11,16H,8-9,12H2,1-6H3/b22-20-. The first-order chi connectivity index (χ1) is 11.7. The molecule has 25 heavy (non-hydrogen) atoms. The number of aromatic nitrogens is 1. The van der Waals surface area contributed by atoms with Crippen LogP contribution in [0.5, 0.6) is 0 Å². The Morgan fingerprint density at radius 1 is 1.24 bits per heavy atom. The lowest BCUT2D eigenvalue weighted by molar-refractivity contribution is 0.0997. The molecule has 3 nitrogen and oxygen atoms in total. The van der Waals surface area contributed by atoms with Gasteiger partial charge in [-0.1, -0.05) is 38.5 Å². The van der Waals surface area contributed by atoms with Crippen molar-refractivity contribution < 1.29 is 4.79 Å². The van der Waals surface area contributed by atoms with Gasteiger partial charge in [0, 0.05) is 22.7 Å². The summed E-state index contributed by atoms with van der Waals surface area (Å²) in [4.78, 5) is 19.5. The van der Waals surface area contributed by atoms with Gasteiger partial charge in [-0.05, 0) is 56.6 Å². The predicted octanol–water partition coefficient (Wildman–Crippen LogP) is 4.92. The number of nitrogens with zero attached hydrogens (tertiary/aromatic N) is 2. The fraction of sp³-hybridized carbons (Fsp3) is 0.524. The van der Waals surface area contributed by atoms with E-state index in [9.17, 15) is 4.79 Å². The third-order valence-electron chi connectivity index (χ3n) is 4.79. The van der Waals surface area contributed by atoms with Gasteiger partial charge >= 0.3 is 0 Å². The molecular formula is C21H28N2OS. The third kappa shape index (κ3) is 3.95. The molecule has 1 aliphatic carbocycles. The minimum atomic E-state index is -0.135. The SMILES string of the molecule is Cc1ccc(C(=O)/N=c2\sc(C(C)(C)C)c(C)n2CC2CC2)c(C)c1. The number of aryl methyl sites for hydroxylation is 2. The number of carbonyl (C=O) groups excluding carboxylic acids is 1. The van der Waals surface area contributed by atoms with Crippen LogP contribution in [0.2, 0.25) is 0 Å². The third-order valence-corrected chi connectivity index (χ3v) is 6.39. The Bertz CT molecular complexity index is 876. The molecule has 3 rings (SSSR count). The average molecular weight is 357 g/mol. The summed E-state index contributed by atoms with van der Waals surface area (Å²) in [6.07, 6.45) is 2.58. The molecule has 0 bridgehead atoms.